The predicted molar refractivity (Wildman–Crippen MR) is 71.8 cm³/mol. The number of hydrogen-bond donors (Lipinski definition) is 1. The van der Waals surface area contributed by atoms with Crippen LogP contribution in [0, 0.1) is 5.92 Å². The van der Waals surface area contributed by atoms with Crippen LogP contribution in [-0.2, 0) is 12.3 Å². The van der Waals surface area contributed by atoms with E-state index in [-0.39, 0.29) is 23.4 Å². The fourth-order valence-corrected chi connectivity index (χ4v) is 2.07. The van der Waals surface area contributed by atoms with Crippen LogP contribution in [0.15, 0.2) is 24.3 Å². The number of nitrogens with two attached hydrogens (primary N) is 1. The van der Waals surface area contributed by atoms with Crippen molar-refractivity contribution in [1.29, 1.82) is 0 Å². The fourth-order valence-electron chi connectivity index (χ4n) is 2.07. The number of alkyl halides is 2. The molecule has 0 aromatic heterocycles. The van der Waals surface area contributed by atoms with Crippen molar-refractivity contribution in [1.82, 2.24) is 0 Å². The smallest absolute Gasteiger partial charge is 0.273 e. The monoisotopic (exact) mass is 255 g/mol. The number of halogens is 2. The van der Waals surface area contributed by atoms with Gasteiger partial charge in [0.25, 0.3) is 5.92 Å². The Morgan fingerprint density at radius 3 is 2.33 bits per heavy atom. The lowest BCUT2D eigenvalue weighted by Gasteiger charge is -2.22. The van der Waals surface area contributed by atoms with Crippen LogP contribution < -0.4 is 5.73 Å². The summed E-state index contributed by atoms with van der Waals surface area (Å²) >= 11 is 0. The van der Waals surface area contributed by atoms with E-state index in [0.29, 0.717) is 6.42 Å². The molecule has 0 aliphatic rings. The van der Waals surface area contributed by atoms with Gasteiger partial charge in [-0.2, -0.15) is 0 Å². The second kappa shape index (κ2) is 5.35. The normalized spacial score (nSPS) is 13.1. The molecule has 1 rings (SSSR count). The average Bonchev–Trinajstić information content (AvgIpc) is 2.13. The predicted octanol–water partition coefficient (Wildman–Crippen LogP) is 4.10. The van der Waals surface area contributed by atoms with E-state index in [0.717, 1.165) is 5.56 Å². The van der Waals surface area contributed by atoms with Gasteiger partial charge in [0.05, 0.1) is 0 Å². The summed E-state index contributed by atoms with van der Waals surface area (Å²) in [5, 5.41) is 0. The summed E-state index contributed by atoms with van der Waals surface area (Å²) in [6, 6.07) is 6.61. The van der Waals surface area contributed by atoms with E-state index in [4.69, 9.17) is 5.73 Å². The summed E-state index contributed by atoms with van der Waals surface area (Å²) in [6.45, 7) is 7.40. The van der Waals surface area contributed by atoms with Crippen LogP contribution in [0.5, 0.6) is 0 Å². The van der Waals surface area contributed by atoms with E-state index in [9.17, 15) is 8.78 Å². The molecule has 1 aromatic carbocycles. The number of hydrogen-bond acceptors (Lipinski definition) is 1. The Bertz CT molecular complexity index is 392. The summed E-state index contributed by atoms with van der Waals surface area (Å²) in [5.41, 5.74) is 6.50. The first-order chi connectivity index (χ1) is 8.10. The van der Waals surface area contributed by atoms with Gasteiger partial charge in [-0.3, -0.25) is 0 Å². The molecule has 2 N–H and O–H groups in total. The molecule has 0 fully saturated rings. The molecule has 0 amide bonds. The van der Waals surface area contributed by atoms with E-state index in [1.54, 1.807) is 26.0 Å². The van der Waals surface area contributed by atoms with Crippen LogP contribution in [0.4, 0.5) is 8.78 Å². The molecule has 0 radical (unpaired) electrons. The van der Waals surface area contributed by atoms with E-state index in [1.165, 1.54) is 6.07 Å². The summed E-state index contributed by atoms with van der Waals surface area (Å²) in [5.74, 6) is -2.79. The first kappa shape index (κ1) is 15.1. The third kappa shape index (κ3) is 4.73. The standard InChI is InChI=1S/C15H23F2N/c1-11(2)9-15(16,17)13-7-5-6-12(8-13)10-14(3,4)18/h5-8,11H,9-10,18H2,1-4H3. The van der Waals surface area contributed by atoms with Crippen molar-refractivity contribution in [3.05, 3.63) is 35.4 Å². The molecule has 0 aliphatic heterocycles. The first-order valence-corrected chi connectivity index (χ1v) is 6.36. The largest absolute Gasteiger partial charge is 0.325 e. The highest BCUT2D eigenvalue weighted by molar-refractivity contribution is 5.28. The second-order valence-corrected chi connectivity index (χ2v) is 6.17. The van der Waals surface area contributed by atoms with Crippen LogP contribution in [0.2, 0.25) is 0 Å². The second-order valence-electron chi connectivity index (χ2n) is 6.17. The van der Waals surface area contributed by atoms with Crippen LogP contribution in [0.3, 0.4) is 0 Å². The lowest BCUT2D eigenvalue weighted by molar-refractivity contribution is -0.0250. The first-order valence-electron chi connectivity index (χ1n) is 6.36. The molecule has 18 heavy (non-hydrogen) atoms. The van der Waals surface area contributed by atoms with E-state index in [1.807, 2.05) is 19.9 Å². The summed E-state index contributed by atoms with van der Waals surface area (Å²) in [7, 11) is 0. The average molecular weight is 255 g/mol. The van der Waals surface area contributed by atoms with Gasteiger partial charge < -0.3 is 5.73 Å². The Hall–Kier alpha value is -0.960. The van der Waals surface area contributed by atoms with Crippen LogP contribution >= 0.6 is 0 Å². The topological polar surface area (TPSA) is 26.0 Å². The maximum atomic E-state index is 14.0. The lowest BCUT2D eigenvalue weighted by Crippen LogP contribution is -2.34. The fraction of sp³-hybridized carbons (Fsp3) is 0.600. The Balaban J connectivity index is 2.94. The van der Waals surface area contributed by atoms with Crippen LogP contribution in [0.1, 0.15) is 45.2 Å². The lowest BCUT2D eigenvalue weighted by atomic mass is 9.92. The molecular formula is C15H23F2N. The molecule has 102 valence electrons. The van der Waals surface area contributed by atoms with Gasteiger partial charge in [-0.15, -0.1) is 0 Å². The van der Waals surface area contributed by atoms with Crippen LogP contribution in [-0.4, -0.2) is 5.54 Å². The molecule has 0 aliphatic carbocycles. The van der Waals surface area contributed by atoms with Crippen LogP contribution in [0.25, 0.3) is 0 Å². The molecule has 1 aromatic rings. The highest BCUT2D eigenvalue weighted by atomic mass is 19.3. The minimum Gasteiger partial charge on any atom is -0.325 e. The number of rotatable bonds is 5. The maximum Gasteiger partial charge on any atom is 0.273 e. The van der Waals surface area contributed by atoms with E-state index < -0.39 is 5.92 Å². The molecule has 3 heteroatoms. The molecule has 0 saturated heterocycles. The molecule has 0 atom stereocenters. The Morgan fingerprint density at radius 1 is 1.22 bits per heavy atom. The van der Waals surface area contributed by atoms with Crippen molar-refractivity contribution < 1.29 is 8.78 Å². The highest BCUT2D eigenvalue weighted by Gasteiger charge is 2.32. The van der Waals surface area contributed by atoms with Gasteiger partial charge >= 0.3 is 0 Å². The summed E-state index contributed by atoms with van der Waals surface area (Å²) in [4.78, 5) is 0. The van der Waals surface area contributed by atoms with Gasteiger partial charge in [0.2, 0.25) is 0 Å². The zero-order valence-corrected chi connectivity index (χ0v) is 11.6. The van der Waals surface area contributed by atoms with Crippen molar-refractivity contribution >= 4 is 0 Å². The molecule has 1 nitrogen and oxygen atoms in total. The van der Waals surface area contributed by atoms with Gasteiger partial charge in [0, 0.05) is 17.5 Å². The number of benzene rings is 1. The third-order valence-electron chi connectivity index (χ3n) is 2.67. The van der Waals surface area contributed by atoms with Gasteiger partial charge in [-0.05, 0) is 37.8 Å². The van der Waals surface area contributed by atoms with Gasteiger partial charge in [0.1, 0.15) is 0 Å². The Morgan fingerprint density at radius 2 is 1.83 bits per heavy atom. The van der Waals surface area contributed by atoms with Crippen molar-refractivity contribution in [2.75, 3.05) is 0 Å². The van der Waals surface area contributed by atoms with Gasteiger partial charge in [0.15, 0.2) is 0 Å². The Kier molecular flexibility index (Phi) is 4.49. The molecule has 0 heterocycles. The van der Waals surface area contributed by atoms with Crippen molar-refractivity contribution in [2.45, 2.75) is 52.0 Å². The van der Waals surface area contributed by atoms with E-state index >= 15 is 0 Å². The third-order valence-corrected chi connectivity index (χ3v) is 2.67. The zero-order valence-electron chi connectivity index (χ0n) is 11.6. The minimum atomic E-state index is -2.76. The molecule has 0 spiro atoms. The summed E-state index contributed by atoms with van der Waals surface area (Å²) < 4.78 is 28.0. The molecule has 0 saturated carbocycles. The zero-order chi connectivity index (χ0) is 14.0. The van der Waals surface area contributed by atoms with Gasteiger partial charge in [-0.25, -0.2) is 8.78 Å². The van der Waals surface area contributed by atoms with Crippen molar-refractivity contribution in [3.63, 3.8) is 0 Å². The SMILES string of the molecule is CC(C)CC(F)(F)c1cccc(CC(C)(C)N)c1. The van der Waals surface area contributed by atoms with Gasteiger partial charge in [-0.1, -0.05) is 32.0 Å². The molecular weight excluding hydrogens is 232 g/mol. The maximum absolute atomic E-state index is 14.0. The highest BCUT2D eigenvalue weighted by Crippen LogP contribution is 2.35. The van der Waals surface area contributed by atoms with Crippen molar-refractivity contribution in [3.8, 4) is 0 Å². The Labute approximate surface area is 108 Å². The molecule has 0 bridgehead atoms. The minimum absolute atomic E-state index is 0.0328. The molecule has 0 unspecified atom stereocenters. The van der Waals surface area contributed by atoms with E-state index in [2.05, 4.69) is 0 Å². The van der Waals surface area contributed by atoms with Crippen molar-refractivity contribution in [2.24, 2.45) is 11.7 Å². The quantitative estimate of drug-likeness (QED) is 0.842. The summed E-state index contributed by atoms with van der Waals surface area (Å²) in [6.07, 6.45) is 0.473.